The molecule has 1 aliphatic rings. The smallest absolute Gasteiger partial charge is 0.246 e. The van der Waals surface area contributed by atoms with Gasteiger partial charge in [0.25, 0.3) is 0 Å². The molecule has 0 aromatic carbocycles. The molecule has 1 aromatic rings. The molecule has 108 valence electrons. The number of aryl methyl sites for hydroxylation is 1. The van der Waals surface area contributed by atoms with Crippen molar-refractivity contribution in [2.75, 3.05) is 19.0 Å². The number of halogens is 1. The molecule has 0 aliphatic carbocycles. The van der Waals surface area contributed by atoms with E-state index in [9.17, 15) is 8.42 Å². The second kappa shape index (κ2) is 6.24. The summed E-state index contributed by atoms with van der Waals surface area (Å²) in [7, 11) is -3.40. The minimum Gasteiger partial charge on any atom is -0.270 e. The number of hydrogen-bond acceptors (Lipinski definition) is 3. The Morgan fingerprint density at radius 3 is 3.00 bits per heavy atom. The number of aromatic nitrogens is 2. The van der Waals surface area contributed by atoms with E-state index >= 15 is 0 Å². The zero-order valence-electron chi connectivity index (χ0n) is 11.1. The summed E-state index contributed by atoms with van der Waals surface area (Å²) in [4.78, 5) is 0.273. The molecule has 2 rings (SSSR count). The Balaban J connectivity index is 2.16. The first-order valence-electron chi connectivity index (χ1n) is 6.66. The molecular weight excluding hydrogens is 286 g/mol. The van der Waals surface area contributed by atoms with Crippen LogP contribution in [0.25, 0.3) is 0 Å². The van der Waals surface area contributed by atoms with Crippen molar-refractivity contribution in [1.82, 2.24) is 14.1 Å². The second-order valence-electron chi connectivity index (χ2n) is 4.91. The normalized spacial score (nSPS) is 21.7. The third-order valence-electron chi connectivity index (χ3n) is 3.62. The molecule has 1 unspecified atom stereocenters. The van der Waals surface area contributed by atoms with Gasteiger partial charge in [-0.2, -0.15) is 9.40 Å². The number of nitrogens with zero attached hydrogens (tertiary/aromatic N) is 3. The third kappa shape index (κ3) is 3.30. The topological polar surface area (TPSA) is 55.2 Å². The zero-order valence-corrected chi connectivity index (χ0v) is 12.7. The van der Waals surface area contributed by atoms with E-state index in [0.29, 0.717) is 31.4 Å². The van der Waals surface area contributed by atoms with E-state index in [0.717, 1.165) is 19.3 Å². The van der Waals surface area contributed by atoms with E-state index < -0.39 is 10.0 Å². The first-order valence-corrected chi connectivity index (χ1v) is 8.64. The lowest BCUT2D eigenvalue weighted by atomic mass is 9.97. The van der Waals surface area contributed by atoms with Crippen LogP contribution in [0.15, 0.2) is 17.3 Å². The van der Waals surface area contributed by atoms with Crippen LogP contribution < -0.4 is 0 Å². The van der Waals surface area contributed by atoms with Gasteiger partial charge >= 0.3 is 0 Å². The van der Waals surface area contributed by atoms with E-state index in [1.165, 1.54) is 6.20 Å². The van der Waals surface area contributed by atoms with Gasteiger partial charge in [-0.25, -0.2) is 8.42 Å². The molecule has 0 spiro atoms. The summed E-state index contributed by atoms with van der Waals surface area (Å²) in [5, 5.41) is 4.03. The Morgan fingerprint density at radius 2 is 2.32 bits per heavy atom. The van der Waals surface area contributed by atoms with Crippen LogP contribution in [-0.2, 0) is 16.6 Å². The average molecular weight is 306 g/mol. The van der Waals surface area contributed by atoms with E-state index in [4.69, 9.17) is 11.6 Å². The maximum atomic E-state index is 12.5. The first-order chi connectivity index (χ1) is 9.07. The molecule has 1 fully saturated rings. The monoisotopic (exact) mass is 305 g/mol. The van der Waals surface area contributed by atoms with Crippen LogP contribution in [-0.4, -0.2) is 41.5 Å². The molecular formula is C12H20ClN3O2S. The molecule has 1 saturated heterocycles. The van der Waals surface area contributed by atoms with Crippen LogP contribution in [0.2, 0.25) is 0 Å². The van der Waals surface area contributed by atoms with Crippen molar-refractivity contribution in [2.24, 2.45) is 5.92 Å². The van der Waals surface area contributed by atoms with Gasteiger partial charge in [-0.15, -0.1) is 11.6 Å². The van der Waals surface area contributed by atoms with Crippen molar-refractivity contribution in [3.63, 3.8) is 0 Å². The zero-order chi connectivity index (χ0) is 13.9. The Morgan fingerprint density at radius 1 is 1.53 bits per heavy atom. The highest BCUT2D eigenvalue weighted by Gasteiger charge is 2.30. The quantitative estimate of drug-likeness (QED) is 0.781. The van der Waals surface area contributed by atoms with E-state index in [-0.39, 0.29) is 4.90 Å². The lowest BCUT2D eigenvalue weighted by Crippen LogP contribution is -2.39. The van der Waals surface area contributed by atoms with Crippen molar-refractivity contribution < 1.29 is 8.42 Å². The highest BCUT2D eigenvalue weighted by atomic mass is 35.5. The molecule has 0 radical (unpaired) electrons. The lowest BCUT2D eigenvalue weighted by molar-refractivity contribution is 0.261. The van der Waals surface area contributed by atoms with Crippen LogP contribution in [0.3, 0.4) is 0 Å². The van der Waals surface area contributed by atoms with E-state index in [1.807, 2.05) is 0 Å². The number of piperidine rings is 1. The molecule has 1 aromatic heterocycles. The number of alkyl halides is 1. The standard InChI is InChI=1S/C12H20ClN3O2S/c1-2-11-4-3-6-16(9-11)19(17,18)12-8-14-15(10-12)7-5-13/h8,10-11H,2-7,9H2,1H3. The Hall–Kier alpha value is -0.590. The molecule has 1 aliphatic heterocycles. The van der Waals surface area contributed by atoms with E-state index in [2.05, 4.69) is 12.0 Å². The Bertz CT molecular complexity index is 515. The average Bonchev–Trinajstić information content (AvgIpc) is 2.88. The fraction of sp³-hybridized carbons (Fsp3) is 0.750. The van der Waals surface area contributed by atoms with Gasteiger partial charge in [0.1, 0.15) is 4.90 Å². The van der Waals surface area contributed by atoms with Crippen LogP contribution in [0, 0.1) is 5.92 Å². The largest absolute Gasteiger partial charge is 0.270 e. The minimum absolute atomic E-state index is 0.273. The molecule has 0 saturated carbocycles. The summed E-state index contributed by atoms with van der Waals surface area (Å²) in [6.07, 6.45) is 6.06. The Labute approximate surface area is 119 Å². The molecule has 1 atom stereocenters. The SMILES string of the molecule is CCC1CCCN(S(=O)(=O)c2cnn(CCCl)c2)C1. The summed E-state index contributed by atoms with van der Waals surface area (Å²) >= 11 is 5.63. The van der Waals surface area contributed by atoms with Gasteiger partial charge in [-0.05, 0) is 18.8 Å². The van der Waals surface area contributed by atoms with Gasteiger partial charge in [-0.3, -0.25) is 4.68 Å². The van der Waals surface area contributed by atoms with Crippen molar-refractivity contribution in [3.8, 4) is 0 Å². The van der Waals surface area contributed by atoms with Gasteiger partial charge in [0.05, 0.1) is 12.7 Å². The highest BCUT2D eigenvalue weighted by molar-refractivity contribution is 7.89. The van der Waals surface area contributed by atoms with Crippen LogP contribution in [0.1, 0.15) is 26.2 Å². The fourth-order valence-electron chi connectivity index (χ4n) is 2.41. The number of rotatable bonds is 5. The molecule has 2 heterocycles. The molecule has 19 heavy (non-hydrogen) atoms. The summed E-state index contributed by atoms with van der Waals surface area (Å²) in [6.45, 7) is 3.87. The van der Waals surface area contributed by atoms with Gasteiger partial charge in [0.15, 0.2) is 0 Å². The van der Waals surface area contributed by atoms with Gasteiger partial charge in [0, 0.05) is 25.2 Å². The number of sulfonamides is 1. The molecule has 5 nitrogen and oxygen atoms in total. The fourth-order valence-corrected chi connectivity index (χ4v) is 4.10. The Kier molecular flexibility index (Phi) is 4.86. The maximum absolute atomic E-state index is 12.5. The first kappa shape index (κ1) is 14.8. The number of hydrogen-bond donors (Lipinski definition) is 0. The van der Waals surface area contributed by atoms with Gasteiger partial charge < -0.3 is 0 Å². The molecule has 7 heteroatoms. The van der Waals surface area contributed by atoms with Crippen LogP contribution in [0.5, 0.6) is 0 Å². The molecule has 0 bridgehead atoms. The summed E-state index contributed by atoms with van der Waals surface area (Å²) in [5.41, 5.74) is 0. The minimum atomic E-state index is -3.40. The summed E-state index contributed by atoms with van der Waals surface area (Å²) in [5.74, 6) is 0.893. The maximum Gasteiger partial charge on any atom is 0.246 e. The summed E-state index contributed by atoms with van der Waals surface area (Å²) in [6, 6.07) is 0. The van der Waals surface area contributed by atoms with Crippen molar-refractivity contribution in [2.45, 2.75) is 37.6 Å². The molecule has 0 amide bonds. The predicted molar refractivity (Wildman–Crippen MR) is 74.7 cm³/mol. The van der Waals surface area contributed by atoms with Crippen LogP contribution >= 0.6 is 11.6 Å². The van der Waals surface area contributed by atoms with Crippen LogP contribution in [0.4, 0.5) is 0 Å². The third-order valence-corrected chi connectivity index (χ3v) is 5.61. The van der Waals surface area contributed by atoms with E-state index in [1.54, 1.807) is 15.2 Å². The van der Waals surface area contributed by atoms with Gasteiger partial charge in [-0.1, -0.05) is 13.3 Å². The van der Waals surface area contributed by atoms with Crippen molar-refractivity contribution in [1.29, 1.82) is 0 Å². The van der Waals surface area contributed by atoms with Crippen molar-refractivity contribution in [3.05, 3.63) is 12.4 Å². The van der Waals surface area contributed by atoms with Crippen molar-refractivity contribution >= 4 is 21.6 Å². The lowest BCUT2D eigenvalue weighted by Gasteiger charge is -2.30. The highest BCUT2D eigenvalue weighted by Crippen LogP contribution is 2.24. The summed E-state index contributed by atoms with van der Waals surface area (Å²) < 4.78 is 28.2. The molecule has 0 N–H and O–H groups in total. The van der Waals surface area contributed by atoms with Gasteiger partial charge in [0.2, 0.25) is 10.0 Å². The second-order valence-corrected chi connectivity index (χ2v) is 7.22. The predicted octanol–water partition coefficient (Wildman–Crippen LogP) is 1.93.